The highest BCUT2D eigenvalue weighted by molar-refractivity contribution is 5.95. The van der Waals surface area contributed by atoms with Crippen LogP contribution in [-0.2, 0) is 6.42 Å². The van der Waals surface area contributed by atoms with E-state index in [0.717, 1.165) is 41.8 Å². The van der Waals surface area contributed by atoms with Crippen LogP contribution in [0.3, 0.4) is 0 Å². The summed E-state index contributed by atoms with van der Waals surface area (Å²) in [5.41, 5.74) is 6.61. The van der Waals surface area contributed by atoms with Gasteiger partial charge in [0.05, 0.1) is 0 Å². The Labute approximate surface area is 206 Å². The molecule has 176 valence electrons. The maximum absolute atomic E-state index is 9.54. The lowest BCUT2D eigenvalue weighted by atomic mass is 9.98. The lowest BCUT2D eigenvalue weighted by Crippen LogP contribution is -2.25. The monoisotopic (exact) mass is 451 g/mol. The first kappa shape index (κ1) is 25.3. The van der Waals surface area contributed by atoms with Crippen LogP contribution in [0.15, 0.2) is 59.7 Å². The van der Waals surface area contributed by atoms with E-state index in [1.54, 1.807) is 0 Å². The van der Waals surface area contributed by atoms with Crippen molar-refractivity contribution in [3.8, 4) is 12.1 Å². The second kappa shape index (κ2) is 13.4. The first-order valence-corrected chi connectivity index (χ1v) is 12.9. The Bertz CT molecular complexity index is 1050. The molecule has 34 heavy (non-hydrogen) atoms. The average Bonchev–Trinajstić information content (AvgIpc) is 3.22. The molecule has 0 unspecified atom stereocenters. The van der Waals surface area contributed by atoms with Gasteiger partial charge in [-0.25, -0.2) is 0 Å². The van der Waals surface area contributed by atoms with Crippen LogP contribution in [0.25, 0.3) is 11.6 Å². The van der Waals surface area contributed by atoms with Gasteiger partial charge in [-0.3, -0.25) is 0 Å². The number of nitriles is 2. The van der Waals surface area contributed by atoms with Crippen molar-refractivity contribution in [2.45, 2.75) is 71.6 Å². The Morgan fingerprint density at radius 2 is 1.44 bits per heavy atom. The van der Waals surface area contributed by atoms with E-state index in [2.05, 4.69) is 67.3 Å². The first-order valence-electron chi connectivity index (χ1n) is 12.9. The molecule has 0 saturated heterocycles. The summed E-state index contributed by atoms with van der Waals surface area (Å²) in [5.74, 6) is 0. The molecule has 0 heterocycles. The molecule has 0 radical (unpaired) electrons. The fraction of sp³-hybridized carbons (Fsp3) is 0.419. The lowest BCUT2D eigenvalue weighted by Gasteiger charge is -2.25. The van der Waals surface area contributed by atoms with E-state index in [4.69, 9.17) is 0 Å². The van der Waals surface area contributed by atoms with Crippen LogP contribution in [0.4, 0.5) is 5.69 Å². The molecule has 2 aromatic rings. The number of allylic oxidation sites excluding steroid dienone is 3. The number of hydrogen-bond donors (Lipinski definition) is 0. The zero-order valence-electron chi connectivity index (χ0n) is 20.8. The Kier molecular flexibility index (Phi) is 9.99. The van der Waals surface area contributed by atoms with Crippen molar-refractivity contribution in [1.82, 2.24) is 0 Å². The highest BCUT2D eigenvalue weighted by atomic mass is 15.1. The maximum Gasteiger partial charge on any atom is 0.137 e. The van der Waals surface area contributed by atoms with Gasteiger partial charge >= 0.3 is 0 Å². The third-order valence-electron chi connectivity index (χ3n) is 6.62. The Balaban J connectivity index is 1.80. The van der Waals surface area contributed by atoms with Gasteiger partial charge in [-0.05, 0) is 53.7 Å². The number of benzene rings is 2. The van der Waals surface area contributed by atoms with Gasteiger partial charge in [0.2, 0.25) is 0 Å². The molecule has 0 spiro atoms. The van der Waals surface area contributed by atoms with Gasteiger partial charge in [-0.15, -0.1) is 0 Å². The predicted molar refractivity (Wildman–Crippen MR) is 143 cm³/mol. The number of hydrogen-bond acceptors (Lipinski definition) is 3. The molecule has 0 aromatic heterocycles. The number of fused-ring (bicyclic) bond motifs is 1. The van der Waals surface area contributed by atoms with Crippen molar-refractivity contribution < 1.29 is 0 Å². The predicted octanol–water partition coefficient (Wildman–Crippen LogP) is 8.09. The van der Waals surface area contributed by atoms with E-state index in [9.17, 15) is 10.5 Å². The molecule has 0 aliphatic heterocycles. The summed E-state index contributed by atoms with van der Waals surface area (Å²) in [6, 6.07) is 21.1. The normalized spacial score (nSPS) is 13.4. The zero-order chi connectivity index (χ0) is 24.2. The minimum atomic E-state index is 0.193. The number of rotatable bonds is 12. The van der Waals surface area contributed by atoms with Crippen molar-refractivity contribution >= 4 is 17.3 Å². The van der Waals surface area contributed by atoms with Crippen LogP contribution >= 0.6 is 0 Å². The third-order valence-corrected chi connectivity index (χ3v) is 6.62. The second-order valence-corrected chi connectivity index (χ2v) is 9.18. The quantitative estimate of drug-likeness (QED) is 0.242. The van der Waals surface area contributed by atoms with E-state index in [1.165, 1.54) is 62.6 Å². The van der Waals surface area contributed by atoms with Crippen LogP contribution in [0.5, 0.6) is 0 Å². The molecule has 0 atom stereocenters. The first-order chi connectivity index (χ1) is 16.7. The van der Waals surface area contributed by atoms with Gasteiger partial charge in [-0.2, -0.15) is 10.5 Å². The van der Waals surface area contributed by atoms with Gasteiger partial charge in [0, 0.05) is 24.4 Å². The van der Waals surface area contributed by atoms with Crippen LogP contribution in [-0.4, -0.2) is 13.1 Å². The van der Waals surface area contributed by atoms with E-state index in [-0.39, 0.29) is 5.57 Å². The molecular formula is C31H37N3. The Morgan fingerprint density at radius 1 is 0.824 bits per heavy atom. The fourth-order valence-corrected chi connectivity index (χ4v) is 4.75. The minimum absolute atomic E-state index is 0.193. The van der Waals surface area contributed by atoms with Gasteiger partial charge in [0.1, 0.15) is 17.7 Å². The highest BCUT2D eigenvalue weighted by Gasteiger charge is 2.24. The maximum atomic E-state index is 9.54. The standard InChI is InChI=1S/C31H37N3/c1-3-5-7-11-19-34(20-12-8-6-4-2)29-17-15-25(16-18-29)21-27-22-26-13-9-10-14-30(26)31(27)28(23-32)24-33/h9-10,13-18,21H,3-8,11-12,19-20,22H2,1-2H3/b27-21+. The summed E-state index contributed by atoms with van der Waals surface area (Å²) in [6.45, 7) is 6.75. The van der Waals surface area contributed by atoms with Gasteiger partial charge in [0.25, 0.3) is 0 Å². The lowest BCUT2D eigenvalue weighted by molar-refractivity contribution is 0.609. The highest BCUT2D eigenvalue weighted by Crippen LogP contribution is 2.39. The summed E-state index contributed by atoms with van der Waals surface area (Å²) in [6.07, 6.45) is 13.1. The Hall–Kier alpha value is -3.30. The fourth-order valence-electron chi connectivity index (χ4n) is 4.75. The average molecular weight is 452 g/mol. The summed E-state index contributed by atoms with van der Waals surface area (Å²) in [7, 11) is 0. The largest absolute Gasteiger partial charge is 0.372 e. The SMILES string of the molecule is CCCCCCN(CCCCCC)c1ccc(/C=C2\Cc3ccccc3C2=C(C#N)C#N)cc1. The van der Waals surface area contributed by atoms with Crippen molar-refractivity contribution in [1.29, 1.82) is 10.5 Å². The molecule has 3 nitrogen and oxygen atoms in total. The molecule has 3 heteroatoms. The van der Waals surface area contributed by atoms with Gasteiger partial charge < -0.3 is 4.90 Å². The smallest absolute Gasteiger partial charge is 0.137 e. The number of unbranched alkanes of at least 4 members (excludes halogenated alkanes) is 6. The van der Waals surface area contributed by atoms with Gasteiger partial charge in [0.15, 0.2) is 0 Å². The van der Waals surface area contributed by atoms with Crippen LogP contribution in [0.2, 0.25) is 0 Å². The van der Waals surface area contributed by atoms with Crippen molar-refractivity contribution in [2.24, 2.45) is 0 Å². The van der Waals surface area contributed by atoms with E-state index in [1.807, 2.05) is 18.2 Å². The molecule has 1 aliphatic carbocycles. The van der Waals surface area contributed by atoms with Crippen LogP contribution < -0.4 is 4.90 Å². The van der Waals surface area contributed by atoms with E-state index >= 15 is 0 Å². The summed E-state index contributed by atoms with van der Waals surface area (Å²) in [5, 5.41) is 19.1. The molecule has 1 aliphatic rings. The second-order valence-electron chi connectivity index (χ2n) is 9.18. The molecule has 0 saturated carbocycles. The van der Waals surface area contributed by atoms with Crippen molar-refractivity contribution in [2.75, 3.05) is 18.0 Å². The van der Waals surface area contributed by atoms with E-state index in [0.29, 0.717) is 0 Å². The van der Waals surface area contributed by atoms with Crippen LogP contribution in [0.1, 0.15) is 81.9 Å². The topological polar surface area (TPSA) is 50.8 Å². The molecular weight excluding hydrogens is 414 g/mol. The van der Waals surface area contributed by atoms with Gasteiger partial charge in [-0.1, -0.05) is 94.8 Å². The number of nitrogens with zero attached hydrogens (tertiary/aromatic N) is 3. The summed E-state index contributed by atoms with van der Waals surface area (Å²) >= 11 is 0. The molecule has 0 N–H and O–H groups in total. The number of anilines is 1. The molecule has 0 amide bonds. The van der Waals surface area contributed by atoms with Crippen LogP contribution in [0, 0.1) is 22.7 Å². The third kappa shape index (κ3) is 6.61. The summed E-state index contributed by atoms with van der Waals surface area (Å²) < 4.78 is 0. The Morgan fingerprint density at radius 3 is 2.03 bits per heavy atom. The minimum Gasteiger partial charge on any atom is -0.372 e. The van der Waals surface area contributed by atoms with Crippen molar-refractivity contribution in [3.05, 3.63) is 76.4 Å². The molecule has 0 fully saturated rings. The summed E-state index contributed by atoms with van der Waals surface area (Å²) in [4.78, 5) is 2.54. The zero-order valence-corrected chi connectivity index (χ0v) is 20.8. The molecule has 2 aromatic carbocycles. The van der Waals surface area contributed by atoms with E-state index < -0.39 is 0 Å². The molecule has 3 rings (SSSR count). The molecule has 0 bridgehead atoms. The van der Waals surface area contributed by atoms with Crippen molar-refractivity contribution in [3.63, 3.8) is 0 Å².